The van der Waals surface area contributed by atoms with Gasteiger partial charge in [-0.05, 0) is 44.3 Å². The summed E-state index contributed by atoms with van der Waals surface area (Å²) in [6, 6.07) is 12.9. The third-order valence-corrected chi connectivity index (χ3v) is 6.56. The Balaban J connectivity index is 0.00000256. The maximum atomic E-state index is 13.5. The maximum Gasteiger partial charge on any atom is 0.254 e. The summed E-state index contributed by atoms with van der Waals surface area (Å²) in [6.45, 7) is 3.29. The van der Waals surface area contributed by atoms with E-state index in [-0.39, 0.29) is 23.3 Å². The average Bonchev–Trinajstić information content (AvgIpc) is 2.95. The second-order valence-corrected chi connectivity index (χ2v) is 8.41. The van der Waals surface area contributed by atoms with E-state index in [0.717, 1.165) is 37.0 Å². The van der Waals surface area contributed by atoms with Crippen LogP contribution in [0.25, 0.3) is 22.2 Å². The van der Waals surface area contributed by atoms with Crippen molar-refractivity contribution in [3.8, 4) is 11.3 Å². The Kier molecular flexibility index (Phi) is 7.48. The SMILES string of the molecule is CN1CCCN(C(=O)c2cc(-c3ccc(Cl)c(Cl)c3Cl)nc3ccccc23)CC1.Cl. The van der Waals surface area contributed by atoms with E-state index in [1.54, 1.807) is 12.1 Å². The number of pyridine rings is 1. The van der Waals surface area contributed by atoms with Gasteiger partial charge in [0.1, 0.15) is 0 Å². The number of benzene rings is 2. The predicted molar refractivity (Wildman–Crippen MR) is 127 cm³/mol. The third kappa shape index (κ3) is 4.53. The monoisotopic (exact) mass is 483 g/mol. The lowest BCUT2D eigenvalue weighted by Crippen LogP contribution is -2.34. The standard InChI is InChI=1S/C22H20Cl3N3O.ClH/c1-27-9-4-10-28(12-11-27)22(29)16-13-19(26-18-6-3-2-5-14(16)18)15-7-8-17(23)21(25)20(15)24;/h2-3,5-8,13H,4,9-12H2,1H3;1H. The molecule has 3 aromatic rings. The zero-order chi connectivity index (χ0) is 20.5. The van der Waals surface area contributed by atoms with Gasteiger partial charge < -0.3 is 9.80 Å². The van der Waals surface area contributed by atoms with Crippen LogP contribution in [0.15, 0.2) is 42.5 Å². The van der Waals surface area contributed by atoms with Gasteiger partial charge in [-0.25, -0.2) is 4.98 Å². The number of rotatable bonds is 2. The highest BCUT2D eigenvalue weighted by molar-refractivity contribution is 6.49. The molecule has 1 aromatic heterocycles. The molecule has 4 rings (SSSR count). The Labute approximate surface area is 197 Å². The number of nitrogens with zero attached hydrogens (tertiary/aromatic N) is 3. The highest BCUT2D eigenvalue weighted by Crippen LogP contribution is 2.38. The Bertz CT molecular complexity index is 1090. The first kappa shape index (κ1) is 23.1. The quantitative estimate of drug-likeness (QED) is 0.414. The first-order valence-electron chi connectivity index (χ1n) is 9.47. The summed E-state index contributed by atoms with van der Waals surface area (Å²) < 4.78 is 0. The second-order valence-electron chi connectivity index (χ2n) is 7.24. The predicted octanol–water partition coefficient (Wildman–Crippen LogP) is 6.06. The largest absolute Gasteiger partial charge is 0.337 e. The molecular weight excluding hydrogens is 464 g/mol. The molecule has 4 nitrogen and oxygen atoms in total. The fourth-order valence-electron chi connectivity index (χ4n) is 3.63. The number of carbonyl (C=O) groups excluding carboxylic acids is 1. The molecule has 0 unspecified atom stereocenters. The van der Waals surface area contributed by atoms with E-state index in [9.17, 15) is 4.79 Å². The summed E-state index contributed by atoms with van der Waals surface area (Å²) in [7, 11) is 2.08. The van der Waals surface area contributed by atoms with Crippen LogP contribution in [-0.4, -0.2) is 53.9 Å². The highest BCUT2D eigenvalue weighted by Gasteiger charge is 2.23. The smallest absolute Gasteiger partial charge is 0.254 e. The normalized spacial score (nSPS) is 15.0. The van der Waals surface area contributed by atoms with Gasteiger partial charge in [0.2, 0.25) is 0 Å². The Morgan fingerprint density at radius 3 is 2.53 bits per heavy atom. The molecule has 30 heavy (non-hydrogen) atoms. The van der Waals surface area contributed by atoms with Gasteiger partial charge in [-0.1, -0.05) is 53.0 Å². The number of carbonyl (C=O) groups is 1. The number of likely N-dealkylation sites (N-methyl/N-ethyl adjacent to an activating group) is 1. The Morgan fingerprint density at radius 2 is 1.73 bits per heavy atom. The second kappa shape index (κ2) is 9.71. The molecule has 2 heterocycles. The molecule has 158 valence electrons. The fraction of sp³-hybridized carbons (Fsp3) is 0.273. The lowest BCUT2D eigenvalue weighted by molar-refractivity contribution is 0.0765. The zero-order valence-electron chi connectivity index (χ0n) is 16.4. The van der Waals surface area contributed by atoms with E-state index >= 15 is 0 Å². The minimum Gasteiger partial charge on any atom is -0.337 e. The van der Waals surface area contributed by atoms with Gasteiger partial charge in [-0.2, -0.15) is 0 Å². The molecule has 0 radical (unpaired) electrons. The van der Waals surface area contributed by atoms with Crippen LogP contribution >= 0.6 is 47.2 Å². The number of para-hydroxylation sites is 1. The van der Waals surface area contributed by atoms with Crippen LogP contribution in [-0.2, 0) is 0 Å². The summed E-state index contributed by atoms with van der Waals surface area (Å²) in [5, 5.41) is 1.82. The van der Waals surface area contributed by atoms with Crippen molar-refractivity contribution >= 4 is 64.0 Å². The third-order valence-electron chi connectivity index (χ3n) is 5.26. The number of amides is 1. The van der Waals surface area contributed by atoms with Crippen molar-refractivity contribution in [3.05, 3.63) is 63.1 Å². The molecule has 1 aliphatic heterocycles. The minimum absolute atomic E-state index is 0. The van der Waals surface area contributed by atoms with Crippen molar-refractivity contribution in [2.45, 2.75) is 6.42 Å². The van der Waals surface area contributed by atoms with Crippen LogP contribution in [0.3, 0.4) is 0 Å². The summed E-state index contributed by atoms with van der Waals surface area (Å²) in [4.78, 5) is 22.4. The molecule has 2 aromatic carbocycles. The topological polar surface area (TPSA) is 36.4 Å². The summed E-state index contributed by atoms with van der Waals surface area (Å²) in [5.74, 6) is 0.0105. The first-order chi connectivity index (χ1) is 14.0. The van der Waals surface area contributed by atoms with E-state index in [0.29, 0.717) is 33.4 Å². The molecule has 1 saturated heterocycles. The van der Waals surface area contributed by atoms with Crippen molar-refractivity contribution in [3.63, 3.8) is 0 Å². The molecule has 0 aliphatic carbocycles. The van der Waals surface area contributed by atoms with Crippen molar-refractivity contribution in [1.82, 2.24) is 14.8 Å². The molecule has 1 fully saturated rings. The van der Waals surface area contributed by atoms with Crippen LogP contribution in [0.2, 0.25) is 15.1 Å². The number of fused-ring (bicyclic) bond motifs is 1. The summed E-state index contributed by atoms with van der Waals surface area (Å²) in [5.41, 5.74) is 2.61. The zero-order valence-corrected chi connectivity index (χ0v) is 19.5. The molecule has 0 bridgehead atoms. The Hall–Kier alpha value is -1.56. The van der Waals surface area contributed by atoms with Crippen LogP contribution in [0.4, 0.5) is 0 Å². The molecule has 0 atom stereocenters. The number of aromatic nitrogens is 1. The lowest BCUT2D eigenvalue weighted by atomic mass is 10.0. The summed E-state index contributed by atoms with van der Waals surface area (Å²) in [6.07, 6.45) is 0.955. The molecule has 1 amide bonds. The summed E-state index contributed by atoms with van der Waals surface area (Å²) >= 11 is 18.8. The van der Waals surface area contributed by atoms with Gasteiger partial charge in [-0.3, -0.25) is 4.79 Å². The van der Waals surface area contributed by atoms with Gasteiger partial charge in [0.15, 0.2) is 0 Å². The lowest BCUT2D eigenvalue weighted by Gasteiger charge is -2.22. The molecule has 0 saturated carbocycles. The van der Waals surface area contributed by atoms with Crippen molar-refractivity contribution in [2.24, 2.45) is 0 Å². The number of halogens is 4. The van der Waals surface area contributed by atoms with Crippen LogP contribution in [0, 0.1) is 0 Å². The van der Waals surface area contributed by atoms with Gasteiger partial charge in [0.25, 0.3) is 5.91 Å². The van der Waals surface area contributed by atoms with E-state index in [4.69, 9.17) is 39.8 Å². The minimum atomic E-state index is 0. The number of hydrogen-bond acceptors (Lipinski definition) is 3. The molecule has 0 N–H and O–H groups in total. The van der Waals surface area contributed by atoms with E-state index in [1.165, 1.54) is 0 Å². The fourth-order valence-corrected chi connectivity index (χ4v) is 4.27. The van der Waals surface area contributed by atoms with Gasteiger partial charge in [-0.15, -0.1) is 12.4 Å². The van der Waals surface area contributed by atoms with E-state index < -0.39 is 0 Å². The molecular formula is C22H21Cl4N3O. The van der Waals surface area contributed by atoms with Crippen molar-refractivity contribution < 1.29 is 4.79 Å². The van der Waals surface area contributed by atoms with Crippen molar-refractivity contribution in [1.29, 1.82) is 0 Å². The maximum absolute atomic E-state index is 13.5. The molecule has 1 aliphatic rings. The Morgan fingerprint density at radius 1 is 0.967 bits per heavy atom. The van der Waals surface area contributed by atoms with E-state index in [1.807, 2.05) is 35.2 Å². The van der Waals surface area contributed by atoms with Gasteiger partial charge in [0.05, 0.1) is 31.8 Å². The molecule has 0 spiro atoms. The highest BCUT2D eigenvalue weighted by atomic mass is 35.5. The van der Waals surface area contributed by atoms with Gasteiger partial charge >= 0.3 is 0 Å². The van der Waals surface area contributed by atoms with Crippen LogP contribution < -0.4 is 0 Å². The number of hydrogen-bond donors (Lipinski definition) is 0. The van der Waals surface area contributed by atoms with E-state index in [2.05, 4.69) is 11.9 Å². The van der Waals surface area contributed by atoms with Crippen LogP contribution in [0.5, 0.6) is 0 Å². The first-order valence-corrected chi connectivity index (χ1v) is 10.6. The van der Waals surface area contributed by atoms with Crippen LogP contribution in [0.1, 0.15) is 16.8 Å². The molecule has 8 heteroatoms. The van der Waals surface area contributed by atoms with Crippen molar-refractivity contribution in [2.75, 3.05) is 33.2 Å². The van der Waals surface area contributed by atoms with Gasteiger partial charge in [0, 0.05) is 30.6 Å². The average molecular weight is 485 g/mol.